The number of hydrogen-bond acceptors (Lipinski definition) is 4. The molecule has 5 nitrogen and oxygen atoms in total. The van der Waals surface area contributed by atoms with Crippen LogP contribution >= 0.6 is 0 Å². The summed E-state index contributed by atoms with van der Waals surface area (Å²) >= 11 is 0. The maximum atomic E-state index is 11.8. The summed E-state index contributed by atoms with van der Waals surface area (Å²) in [6, 6.07) is 0.163. The largest absolute Gasteiger partial charge is 0.354 e. The number of rotatable bonds is 6. The Hall–Kier alpha value is -1.65. The Morgan fingerprint density at radius 2 is 1.89 bits per heavy atom. The van der Waals surface area contributed by atoms with Crippen LogP contribution in [0.15, 0.2) is 12.4 Å². The van der Waals surface area contributed by atoms with Crippen molar-refractivity contribution in [3.63, 3.8) is 0 Å². The molecule has 0 bridgehead atoms. The van der Waals surface area contributed by atoms with Crippen LogP contribution in [0.3, 0.4) is 0 Å². The lowest BCUT2D eigenvalue weighted by Gasteiger charge is -2.11. The fourth-order valence-electron chi connectivity index (χ4n) is 1.24. The van der Waals surface area contributed by atoms with E-state index in [1.165, 1.54) is 0 Å². The van der Waals surface area contributed by atoms with Crippen molar-refractivity contribution in [3.05, 3.63) is 18.0 Å². The van der Waals surface area contributed by atoms with Gasteiger partial charge in [0.05, 0.1) is 5.56 Å². The molecule has 0 aromatic carbocycles. The predicted molar refractivity (Wildman–Crippen MR) is 72.6 cm³/mol. The normalized spacial score (nSPS) is 12.3. The number of carbonyl (C=O) groups is 1. The molecule has 1 heterocycles. The summed E-state index contributed by atoms with van der Waals surface area (Å²) in [4.78, 5) is 20.0. The first kappa shape index (κ1) is 14.4. The average molecular weight is 250 g/mol. The second kappa shape index (κ2) is 6.93. The van der Waals surface area contributed by atoms with Crippen molar-refractivity contribution in [1.29, 1.82) is 0 Å². The topological polar surface area (TPSA) is 66.9 Å². The fourth-order valence-corrected chi connectivity index (χ4v) is 1.24. The minimum absolute atomic E-state index is 0.125. The standard InChI is InChI=1S/C13H22N4O/c1-5-10(4)17-12(18)11-7-15-13(16-8-11)14-6-9(2)3/h7-10H,5-6H2,1-4H3,(H,17,18)(H,14,15,16). The molecule has 5 heteroatoms. The second-order valence-corrected chi connectivity index (χ2v) is 4.85. The Morgan fingerprint density at radius 3 is 2.39 bits per heavy atom. The van der Waals surface area contributed by atoms with Crippen molar-refractivity contribution < 1.29 is 4.79 Å². The van der Waals surface area contributed by atoms with Crippen LogP contribution < -0.4 is 10.6 Å². The van der Waals surface area contributed by atoms with Crippen molar-refractivity contribution in [2.24, 2.45) is 5.92 Å². The zero-order valence-electron chi connectivity index (χ0n) is 11.5. The minimum Gasteiger partial charge on any atom is -0.354 e. The molecule has 1 unspecified atom stereocenters. The number of nitrogens with one attached hydrogen (secondary N) is 2. The number of hydrogen-bond donors (Lipinski definition) is 2. The number of carbonyl (C=O) groups excluding carboxylic acids is 1. The number of nitrogens with zero attached hydrogens (tertiary/aromatic N) is 2. The molecular formula is C13H22N4O. The van der Waals surface area contributed by atoms with Crippen LogP contribution in [-0.2, 0) is 0 Å². The SMILES string of the molecule is CCC(C)NC(=O)c1cnc(NCC(C)C)nc1. The van der Waals surface area contributed by atoms with Gasteiger partial charge in [-0.3, -0.25) is 4.79 Å². The Labute approximate surface area is 108 Å². The summed E-state index contributed by atoms with van der Waals surface area (Å²) < 4.78 is 0. The quantitative estimate of drug-likeness (QED) is 0.811. The summed E-state index contributed by atoms with van der Waals surface area (Å²) in [6.45, 7) is 9.04. The first-order chi connectivity index (χ1) is 8.52. The van der Waals surface area contributed by atoms with Gasteiger partial charge in [0.2, 0.25) is 5.95 Å². The highest BCUT2D eigenvalue weighted by Crippen LogP contribution is 2.02. The molecule has 18 heavy (non-hydrogen) atoms. The molecular weight excluding hydrogens is 228 g/mol. The minimum atomic E-state index is -0.125. The zero-order chi connectivity index (χ0) is 13.5. The van der Waals surface area contributed by atoms with E-state index in [4.69, 9.17) is 0 Å². The number of aromatic nitrogens is 2. The Balaban J connectivity index is 2.56. The van der Waals surface area contributed by atoms with E-state index >= 15 is 0 Å². The van der Waals surface area contributed by atoms with E-state index in [0.29, 0.717) is 17.4 Å². The van der Waals surface area contributed by atoms with Crippen molar-refractivity contribution in [2.75, 3.05) is 11.9 Å². The molecule has 0 aliphatic rings. The third-order valence-corrected chi connectivity index (χ3v) is 2.57. The molecule has 0 aliphatic heterocycles. The smallest absolute Gasteiger partial charge is 0.254 e. The molecule has 0 aliphatic carbocycles. The highest BCUT2D eigenvalue weighted by Gasteiger charge is 2.09. The highest BCUT2D eigenvalue weighted by atomic mass is 16.1. The molecule has 2 N–H and O–H groups in total. The number of amides is 1. The Kier molecular flexibility index (Phi) is 5.55. The van der Waals surface area contributed by atoms with E-state index in [0.717, 1.165) is 13.0 Å². The van der Waals surface area contributed by atoms with E-state index in [2.05, 4.69) is 34.4 Å². The zero-order valence-corrected chi connectivity index (χ0v) is 11.5. The summed E-state index contributed by atoms with van der Waals surface area (Å²) in [7, 11) is 0. The van der Waals surface area contributed by atoms with Crippen molar-refractivity contribution >= 4 is 11.9 Å². The van der Waals surface area contributed by atoms with E-state index < -0.39 is 0 Å². The predicted octanol–water partition coefficient (Wildman–Crippen LogP) is 2.07. The lowest BCUT2D eigenvalue weighted by molar-refractivity contribution is 0.0938. The third-order valence-electron chi connectivity index (χ3n) is 2.57. The molecule has 1 rings (SSSR count). The molecule has 1 aromatic heterocycles. The van der Waals surface area contributed by atoms with Gasteiger partial charge < -0.3 is 10.6 Å². The van der Waals surface area contributed by atoms with Crippen molar-refractivity contribution in [2.45, 2.75) is 40.2 Å². The highest BCUT2D eigenvalue weighted by molar-refractivity contribution is 5.93. The molecule has 0 fully saturated rings. The van der Waals surface area contributed by atoms with Crippen molar-refractivity contribution in [1.82, 2.24) is 15.3 Å². The molecule has 0 saturated carbocycles. The molecule has 1 aromatic rings. The first-order valence-corrected chi connectivity index (χ1v) is 6.39. The van der Waals surface area contributed by atoms with Gasteiger partial charge in [-0.2, -0.15) is 0 Å². The maximum absolute atomic E-state index is 11.8. The summed E-state index contributed by atoms with van der Waals surface area (Å²) in [6.07, 6.45) is 4.00. The van der Waals surface area contributed by atoms with Crippen LogP contribution in [0.25, 0.3) is 0 Å². The van der Waals surface area contributed by atoms with E-state index in [1.54, 1.807) is 12.4 Å². The molecule has 100 valence electrons. The first-order valence-electron chi connectivity index (χ1n) is 6.39. The molecule has 1 atom stereocenters. The van der Waals surface area contributed by atoms with Gasteiger partial charge in [-0.15, -0.1) is 0 Å². The van der Waals surface area contributed by atoms with Gasteiger partial charge in [0.25, 0.3) is 5.91 Å². The molecule has 0 saturated heterocycles. The summed E-state index contributed by atoms with van der Waals surface area (Å²) in [5, 5.41) is 5.98. The van der Waals surface area contributed by atoms with Crippen LogP contribution in [0.5, 0.6) is 0 Å². The average Bonchev–Trinajstić information content (AvgIpc) is 2.36. The molecule has 0 spiro atoms. The second-order valence-electron chi connectivity index (χ2n) is 4.85. The van der Waals surface area contributed by atoms with E-state index in [9.17, 15) is 4.79 Å². The lowest BCUT2D eigenvalue weighted by Crippen LogP contribution is -2.32. The van der Waals surface area contributed by atoms with Gasteiger partial charge >= 0.3 is 0 Å². The third kappa shape index (κ3) is 4.69. The van der Waals surface area contributed by atoms with E-state index in [-0.39, 0.29) is 11.9 Å². The van der Waals surface area contributed by atoms with Gasteiger partial charge in [0.15, 0.2) is 0 Å². The number of anilines is 1. The van der Waals surface area contributed by atoms with Crippen LogP contribution in [-0.4, -0.2) is 28.5 Å². The lowest BCUT2D eigenvalue weighted by atomic mass is 10.2. The monoisotopic (exact) mass is 250 g/mol. The van der Waals surface area contributed by atoms with Gasteiger partial charge in [-0.05, 0) is 19.3 Å². The van der Waals surface area contributed by atoms with Gasteiger partial charge in [0, 0.05) is 25.0 Å². The van der Waals surface area contributed by atoms with Gasteiger partial charge in [-0.25, -0.2) is 9.97 Å². The van der Waals surface area contributed by atoms with Crippen LogP contribution in [0.1, 0.15) is 44.5 Å². The van der Waals surface area contributed by atoms with Crippen LogP contribution in [0, 0.1) is 5.92 Å². The molecule has 1 amide bonds. The summed E-state index contributed by atoms with van der Waals surface area (Å²) in [5.41, 5.74) is 0.491. The fraction of sp³-hybridized carbons (Fsp3) is 0.615. The summed E-state index contributed by atoms with van der Waals surface area (Å²) in [5.74, 6) is 0.963. The molecule has 0 radical (unpaired) electrons. The van der Waals surface area contributed by atoms with Crippen LogP contribution in [0.4, 0.5) is 5.95 Å². The van der Waals surface area contributed by atoms with E-state index in [1.807, 2.05) is 13.8 Å². The van der Waals surface area contributed by atoms with Gasteiger partial charge in [-0.1, -0.05) is 20.8 Å². The maximum Gasteiger partial charge on any atom is 0.254 e. The Bertz CT molecular complexity index is 375. The van der Waals surface area contributed by atoms with Crippen molar-refractivity contribution in [3.8, 4) is 0 Å². The van der Waals surface area contributed by atoms with Gasteiger partial charge in [0.1, 0.15) is 0 Å². The Morgan fingerprint density at radius 1 is 1.28 bits per heavy atom. The van der Waals surface area contributed by atoms with Crippen LogP contribution in [0.2, 0.25) is 0 Å².